The third kappa shape index (κ3) is 2.62. The Morgan fingerprint density at radius 2 is 2.17 bits per heavy atom. The number of H-pyrrole nitrogens is 1. The Morgan fingerprint density at radius 1 is 1.30 bits per heavy atom. The van der Waals surface area contributed by atoms with E-state index in [0.29, 0.717) is 15.2 Å². The van der Waals surface area contributed by atoms with Crippen molar-refractivity contribution in [2.45, 2.75) is 18.3 Å². The van der Waals surface area contributed by atoms with E-state index in [1.54, 1.807) is 12.3 Å². The summed E-state index contributed by atoms with van der Waals surface area (Å²) in [5, 5.41) is 19.7. The second-order valence-corrected chi connectivity index (χ2v) is 6.84. The molecule has 1 aliphatic rings. The average molecular weight is 346 g/mol. The van der Waals surface area contributed by atoms with Gasteiger partial charge in [-0.2, -0.15) is 5.10 Å². The van der Waals surface area contributed by atoms with Crippen molar-refractivity contribution in [3.63, 3.8) is 0 Å². The Hall–Kier alpha value is -2.25. The lowest BCUT2D eigenvalue weighted by atomic mass is 10.0. The number of amides is 1. The van der Waals surface area contributed by atoms with Crippen LogP contribution >= 0.6 is 22.9 Å². The van der Waals surface area contributed by atoms with E-state index < -0.39 is 5.41 Å². The molecule has 0 spiro atoms. The smallest absolute Gasteiger partial charge is 0.238 e. The fourth-order valence-electron chi connectivity index (χ4n) is 2.49. The van der Waals surface area contributed by atoms with Crippen LogP contribution < -0.4 is 5.32 Å². The van der Waals surface area contributed by atoms with Crippen molar-refractivity contribution in [3.8, 4) is 10.6 Å². The summed E-state index contributed by atoms with van der Waals surface area (Å²) in [6, 6.07) is 9.22. The van der Waals surface area contributed by atoms with Gasteiger partial charge in [-0.3, -0.25) is 15.2 Å². The number of carbonyl (C=O) groups is 1. The summed E-state index contributed by atoms with van der Waals surface area (Å²) >= 11 is 7.31. The van der Waals surface area contributed by atoms with Crippen LogP contribution in [0.5, 0.6) is 0 Å². The molecule has 0 aliphatic heterocycles. The van der Waals surface area contributed by atoms with E-state index in [2.05, 4.69) is 25.7 Å². The van der Waals surface area contributed by atoms with Crippen molar-refractivity contribution in [1.29, 1.82) is 0 Å². The number of hydrogen-bond donors (Lipinski definition) is 2. The van der Waals surface area contributed by atoms with Gasteiger partial charge in [0.1, 0.15) is 5.01 Å². The van der Waals surface area contributed by atoms with E-state index in [-0.39, 0.29) is 5.91 Å². The summed E-state index contributed by atoms with van der Waals surface area (Å²) in [6.07, 6.45) is 3.27. The van der Waals surface area contributed by atoms with Gasteiger partial charge in [0.2, 0.25) is 11.0 Å². The van der Waals surface area contributed by atoms with E-state index in [1.165, 1.54) is 11.3 Å². The largest absolute Gasteiger partial charge is 0.300 e. The molecule has 1 aromatic carbocycles. The van der Waals surface area contributed by atoms with Crippen molar-refractivity contribution >= 4 is 34.0 Å². The first-order valence-electron chi connectivity index (χ1n) is 7.08. The molecule has 1 fully saturated rings. The fourth-order valence-corrected chi connectivity index (χ4v) is 3.42. The minimum atomic E-state index is -0.502. The van der Waals surface area contributed by atoms with Gasteiger partial charge in [-0.05, 0) is 31.0 Å². The second-order valence-electron chi connectivity index (χ2n) is 5.43. The minimum Gasteiger partial charge on any atom is -0.300 e. The molecule has 1 aliphatic carbocycles. The fraction of sp³-hybridized carbons (Fsp3) is 0.200. The molecule has 3 aromatic rings. The van der Waals surface area contributed by atoms with Gasteiger partial charge in [-0.15, -0.1) is 10.2 Å². The number of nitrogens with zero attached hydrogens (tertiary/aromatic N) is 3. The normalized spacial score (nSPS) is 15.3. The molecular weight excluding hydrogens is 334 g/mol. The predicted octanol–water partition coefficient (Wildman–Crippen LogP) is 3.25. The number of anilines is 1. The van der Waals surface area contributed by atoms with Gasteiger partial charge in [-0.1, -0.05) is 35.1 Å². The molecule has 1 saturated carbocycles. The molecule has 4 rings (SSSR count). The van der Waals surface area contributed by atoms with E-state index in [9.17, 15) is 4.79 Å². The maximum absolute atomic E-state index is 12.6. The van der Waals surface area contributed by atoms with Crippen molar-refractivity contribution in [2.24, 2.45) is 0 Å². The molecule has 0 bridgehead atoms. The SMILES string of the molecule is O=C(Nc1nnc(-c2cccc(Cl)c2)s1)C1(c2ccn[nH]2)CC1. The molecule has 0 unspecified atom stereocenters. The Balaban J connectivity index is 1.53. The van der Waals surface area contributed by atoms with Crippen LogP contribution in [0.4, 0.5) is 5.13 Å². The number of hydrogen-bond acceptors (Lipinski definition) is 5. The molecule has 0 saturated heterocycles. The Labute approximate surface area is 140 Å². The first-order chi connectivity index (χ1) is 11.2. The zero-order valence-corrected chi connectivity index (χ0v) is 13.5. The number of rotatable bonds is 4. The van der Waals surface area contributed by atoms with E-state index in [0.717, 1.165) is 24.1 Å². The van der Waals surface area contributed by atoms with Crippen LogP contribution in [0.25, 0.3) is 10.6 Å². The molecule has 8 heteroatoms. The monoisotopic (exact) mass is 345 g/mol. The Kier molecular flexibility index (Phi) is 3.39. The Morgan fingerprint density at radius 3 is 2.87 bits per heavy atom. The lowest BCUT2D eigenvalue weighted by molar-refractivity contribution is -0.118. The maximum atomic E-state index is 12.6. The summed E-state index contributed by atoms with van der Waals surface area (Å²) in [6.45, 7) is 0. The number of nitrogens with one attached hydrogen (secondary N) is 2. The van der Waals surface area contributed by atoms with Crippen LogP contribution in [0.2, 0.25) is 5.02 Å². The quantitative estimate of drug-likeness (QED) is 0.760. The molecule has 2 N–H and O–H groups in total. The average Bonchev–Trinajstić information content (AvgIpc) is 2.98. The Bertz CT molecular complexity index is 856. The van der Waals surface area contributed by atoms with Gasteiger partial charge in [0.05, 0.1) is 11.1 Å². The second kappa shape index (κ2) is 5.43. The van der Waals surface area contributed by atoms with Gasteiger partial charge in [-0.25, -0.2) is 0 Å². The van der Waals surface area contributed by atoms with Crippen molar-refractivity contribution in [2.75, 3.05) is 5.32 Å². The number of halogens is 1. The predicted molar refractivity (Wildman–Crippen MR) is 88.5 cm³/mol. The molecular formula is C15H12ClN5OS. The molecule has 0 radical (unpaired) electrons. The first-order valence-corrected chi connectivity index (χ1v) is 8.28. The lowest BCUT2D eigenvalue weighted by Gasteiger charge is -2.11. The third-order valence-corrected chi connectivity index (χ3v) is 5.04. The minimum absolute atomic E-state index is 0.0736. The summed E-state index contributed by atoms with van der Waals surface area (Å²) in [5.74, 6) is -0.0736. The molecule has 1 amide bonds. The molecule has 2 heterocycles. The summed E-state index contributed by atoms with van der Waals surface area (Å²) in [5.41, 5.74) is 1.22. The zero-order chi connectivity index (χ0) is 15.9. The van der Waals surface area contributed by atoms with Crippen LogP contribution in [0.15, 0.2) is 36.5 Å². The summed E-state index contributed by atoms with van der Waals surface area (Å²) < 4.78 is 0. The highest BCUT2D eigenvalue weighted by atomic mass is 35.5. The van der Waals surface area contributed by atoms with Crippen molar-refractivity contribution < 1.29 is 4.79 Å². The molecule has 0 atom stereocenters. The molecule has 6 nitrogen and oxygen atoms in total. The van der Waals surface area contributed by atoms with Gasteiger partial charge in [0.15, 0.2) is 0 Å². The zero-order valence-electron chi connectivity index (χ0n) is 11.9. The van der Waals surface area contributed by atoms with Crippen LogP contribution in [-0.2, 0) is 10.2 Å². The number of carbonyl (C=O) groups excluding carboxylic acids is 1. The van der Waals surface area contributed by atoms with E-state index in [1.807, 2.05) is 24.3 Å². The van der Waals surface area contributed by atoms with E-state index in [4.69, 9.17) is 11.6 Å². The first kappa shape index (κ1) is 14.3. The van der Waals surface area contributed by atoms with Crippen molar-refractivity contribution in [1.82, 2.24) is 20.4 Å². The number of aromatic nitrogens is 4. The molecule has 2 aromatic heterocycles. The third-order valence-electron chi connectivity index (χ3n) is 3.92. The molecule has 23 heavy (non-hydrogen) atoms. The van der Waals surface area contributed by atoms with Crippen LogP contribution in [0, 0.1) is 0 Å². The van der Waals surface area contributed by atoms with Gasteiger partial charge < -0.3 is 0 Å². The van der Waals surface area contributed by atoms with Crippen molar-refractivity contribution in [3.05, 3.63) is 47.2 Å². The maximum Gasteiger partial charge on any atom is 0.238 e. The highest BCUT2D eigenvalue weighted by Crippen LogP contribution is 2.48. The number of benzene rings is 1. The van der Waals surface area contributed by atoms with Crippen LogP contribution in [-0.4, -0.2) is 26.3 Å². The highest BCUT2D eigenvalue weighted by Gasteiger charge is 2.52. The van der Waals surface area contributed by atoms with E-state index >= 15 is 0 Å². The number of aromatic amines is 1. The highest BCUT2D eigenvalue weighted by molar-refractivity contribution is 7.18. The van der Waals surface area contributed by atoms with Crippen LogP contribution in [0.1, 0.15) is 18.5 Å². The van der Waals surface area contributed by atoms with Gasteiger partial charge >= 0.3 is 0 Å². The molecule has 116 valence electrons. The topological polar surface area (TPSA) is 83.6 Å². The standard InChI is InChI=1S/C15H12ClN5OS/c16-10-3-1-2-9(8-10)12-20-21-14(23-12)18-13(22)15(5-6-15)11-4-7-17-19-11/h1-4,7-8H,5-6H2,(H,17,19)(H,18,21,22). The van der Waals surface area contributed by atoms with Gasteiger partial charge in [0, 0.05) is 16.8 Å². The summed E-state index contributed by atoms with van der Waals surface area (Å²) in [4.78, 5) is 12.6. The van der Waals surface area contributed by atoms with Crippen LogP contribution in [0.3, 0.4) is 0 Å². The lowest BCUT2D eigenvalue weighted by Crippen LogP contribution is -2.28. The van der Waals surface area contributed by atoms with Gasteiger partial charge in [0.25, 0.3) is 0 Å². The summed E-state index contributed by atoms with van der Waals surface area (Å²) in [7, 11) is 0.